The number of likely N-dealkylation sites (N-methyl/N-ethyl adjacent to an activating group) is 2. The van der Waals surface area contributed by atoms with Gasteiger partial charge in [0.05, 0.1) is 0 Å². The van der Waals surface area contributed by atoms with Crippen molar-refractivity contribution >= 4 is 0 Å². The maximum atomic E-state index is 3.64. The lowest BCUT2D eigenvalue weighted by Crippen LogP contribution is -2.34. The van der Waals surface area contributed by atoms with Crippen LogP contribution >= 0.6 is 0 Å². The van der Waals surface area contributed by atoms with Crippen LogP contribution in [0.15, 0.2) is 18.2 Å². The van der Waals surface area contributed by atoms with Crippen LogP contribution in [-0.2, 0) is 0 Å². The van der Waals surface area contributed by atoms with Crippen LogP contribution in [0.1, 0.15) is 42.5 Å². The second-order valence-corrected chi connectivity index (χ2v) is 6.13. The molecule has 1 aliphatic rings. The van der Waals surface area contributed by atoms with Crippen molar-refractivity contribution in [3.05, 3.63) is 34.9 Å². The lowest BCUT2D eigenvalue weighted by atomic mass is 9.98. The SMILES string of the molecule is CCNC(CN(C)CC1CC1)c1ccc(C)cc1C. The standard InChI is InChI=1S/C17H28N2/c1-5-18-17(12-19(4)11-15-7-8-15)16-9-6-13(2)10-14(16)3/h6,9-10,15,17-18H,5,7-8,11-12H2,1-4H3. The van der Waals surface area contributed by atoms with Crippen LogP contribution in [0.25, 0.3) is 0 Å². The zero-order valence-corrected chi connectivity index (χ0v) is 12.9. The van der Waals surface area contributed by atoms with Crippen molar-refractivity contribution in [3.63, 3.8) is 0 Å². The Balaban J connectivity index is 2.04. The molecular weight excluding hydrogens is 232 g/mol. The molecule has 2 nitrogen and oxygen atoms in total. The second-order valence-electron chi connectivity index (χ2n) is 6.13. The molecule has 1 saturated carbocycles. The predicted molar refractivity (Wildman–Crippen MR) is 82.6 cm³/mol. The molecule has 1 aliphatic carbocycles. The third kappa shape index (κ3) is 4.32. The lowest BCUT2D eigenvalue weighted by Gasteiger charge is -2.26. The monoisotopic (exact) mass is 260 g/mol. The van der Waals surface area contributed by atoms with Crippen molar-refractivity contribution in [1.82, 2.24) is 10.2 Å². The summed E-state index contributed by atoms with van der Waals surface area (Å²) in [6.07, 6.45) is 2.86. The molecule has 1 aromatic carbocycles. The number of nitrogens with zero attached hydrogens (tertiary/aromatic N) is 1. The Morgan fingerprint density at radius 1 is 1.32 bits per heavy atom. The molecule has 0 radical (unpaired) electrons. The molecule has 2 heteroatoms. The van der Waals surface area contributed by atoms with Crippen molar-refractivity contribution in [2.24, 2.45) is 5.92 Å². The van der Waals surface area contributed by atoms with Gasteiger partial charge in [-0.05, 0) is 57.3 Å². The van der Waals surface area contributed by atoms with Crippen LogP contribution in [-0.4, -0.2) is 31.6 Å². The van der Waals surface area contributed by atoms with Crippen LogP contribution in [0.3, 0.4) is 0 Å². The summed E-state index contributed by atoms with van der Waals surface area (Å²) in [6.45, 7) is 9.97. The molecule has 0 amide bonds. The highest BCUT2D eigenvalue weighted by atomic mass is 15.1. The van der Waals surface area contributed by atoms with E-state index < -0.39 is 0 Å². The van der Waals surface area contributed by atoms with Gasteiger partial charge in [0.1, 0.15) is 0 Å². The highest BCUT2D eigenvalue weighted by Gasteiger charge is 2.24. The van der Waals surface area contributed by atoms with E-state index in [-0.39, 0.29) is 0 Å². The van der Waals surface area contributed by atoms with E-state index in [4.69, 9.17) is 0 Å². The molecular formula is C17H28N2. The normalized spacial score (nSPS) is 16.9. The summed E-state index contributed by atoms with van der Waals surface area (Å²) in [4.78, 5) is 2.49. The fourth-order valence-corrected chi connectivity index (χ4v) is 2.86. The van der Waals surface area contributed by atoms with E-state index in [1.165, 1.54) is 36.1 Å². The first kappa shape index (κ1) is 14.5. The largest absolute Gasteiger partial charge is 0.309 e. The van der Waals surface area contributed by atoms with E-state index >= 15 is 0 Å². The number of hydrogen-bond donors (Lipinski definition) is 1. The summed E-state index contributed by atoms with van der Waals surface area (Å²) in [5, 5.41) is 3.64. The first-order valence-corrected chi connectivity index (χ1v) is 7.59. The zero-order chi connectivity index (χ0) is 13.8. The van der Waals surface area contributed by atoms with E-state index in [1.54, 1.807) is 0 Å². The molecule has 1 unspecified atom stereocenters. The molecule has 1 fully saturated rings. The average molecular weight is 260 g/mol. The third-order valence-corrected chi connectivity index (χ3v) is 4.01. The van der Waals surface area contributed by atoms with Gasteiger partial charge in [0.2, 0.25) is 0 Å². The van der Waals surface area contributed by atoms with Gasteiger partial charge in [0.25, 0.3) is 0 Å². The summed E-state index contributed by atoms with van der Waals surface area (Å²) >= 11 is 0. The van der Waals surface area contributed by atoms with Gasteiger partial charge in [-0.1, -0.05) is 30.7 Å². The van der Waals surface area contributed by atoms with Crippen molar-refractivity contribution in [1.29, 1.82) is 0 Å². The summed E-state index contributed by atoms with van der Waals surface area (Å²) in [7, 11) is 2.26. The second kappa shape index (κ2) is 6.53. The van der Waals surface area contributed by atoms with E-state index in [9.17, 15) is 0 Å². The highest BCUT2D eigenvalue weighted by molar-refractivity contribution is 5.33. The molecule has 19 heavy (non-hydrogen) atoms. The summed E-state index contributed by atoms with van der Waals surface area (Å²) in [5.41, 5.74) is 4.21. The smallest absolute Gasteiger partial charge is 0.0451 e. The van der Waals surface area contributed by atoms with E-state index in [1.807, 2.05) is 0 Å². The predicted octanol–water partition coefficient (Wildman–Crippen LogP) is 3.30. The van der Waals surface area contributed by atoms with Crippen LogP contribution in [0, 0.1) is 19.8 Å². The molecule has 1 atom stereocenters. The minimum absolute atomic E-state index is 0.453. The van der Waals surface area contributed by atoms with Crippen LogP contribution in [0.4, 0.5) is 0 Å². The zero-order valence-electron chi connectivity index (χ0n) is 12.9. The van der Waals surface area contributed by atoms with Gasteiger partial charge in [-0.25, -0.2) is 0 Å². The quantitative estimate of drug-likeness (QED) is 0.809. The van der Waals surface area contributed by atoms with Gasteiger partial charge in [0.15, 0.2) is 0 Å². The van der Waals surface area contributed by atoms with Crippen LogP contribution in [0.5, 0.6) is 0 Å². The van der Waals surface area contributed by atoms with Crippen molar-refractivity contribution in [3.8, 4) is 0 Å². The molecule has 0 spiro atoms. The molecule has 0 aromatic heterocycles. The fourth-order valence-electron chi connectivity index (χ4n) is 2.86. The van der Waals surface area contributed by atoms with Gasteiger partial charge in [0, 0.05) is 19.1 Å². The molecule has 2 rings (SSSR count). The summed E-state index contributed by atoms with van der Waals surface area (Å²) in [5.74, 6) is 0.964. The summed E-state index contributed by atoms with van der Waals surface area (Å²) < 4.78 is 0. The first-order chi connectivity index (χ1) is 9.10. The number of hydrogen-bond acceptors (Lipinski definition) is 2. The lowest BCUT2D eigenvalue weighted by molar-refractivity contribution is 0.281. The van der Waals surface area contributed by atoms with Gasteiger partial charge in [-0.3, -0.25) is 0 Å². The highest BCUT2D eigenvalue weighted by Crippen LogP contribution is 2.30. The van der Waals surface area contributed by atoms with E-state index in [2.05, 4.69) is 56.2 Å². The Labute approximate surface area is 118 Å². The number of aryl methyl sites for hydroxylation is 2. The first-order valence-electron chi connectivity index (χ1n) is 7.59. The molecule has 0 aliphatic heterocycles. The molecule has 1 aromatic rings. The van der Waals surface area contributed by atoms with Crippen LogP contribution in [0.2, 0.25) is 0 Å². The van der Waals surface area contributed by atoms with Gasteiger partial charge >= 0.3 is 0 Å². The molecule has 1 N–H and O–H groups in total. The maximum Gasteiger partial charge on any atom is 0.0451 e. The van der Waals surface area contributed by atoms with E-state index in [0.29, 0.717) is 6.04 Å². The Morgan fingerprint density at radius 3 is 2.63 bits per heavy atom. The van der Waals surface area contributed by atoms with Gasteiger partial charge in [-0.15, -0.1) is 0 Å². The Morgan fingerprint density at radius 2 is 2.05 bits per heavy atom. The van der Waals surface area contributed by atoms with Crippen molar-refractivity contribution in [2.45, 2.75) is 39.7 Å². The van der Waals surface area contributed by atoms with Crippen LogP contribution < -0.4 is 5.32 Å². The summed E-state index contributed by atoms with van der Waals surface area (Å²) in [6, 6.07) is 7.27. The van der Waals surface area contributed by atoms with Crippen molar-refractivity contribution in [2.75, 3.05) is 26.7 Å². The average Bonchev–Trinajstić information content (AvgIpc) is 3.12. The molecule has 0 bridgehead atoms. The van der Waals surface area contributed by atoms with E-state index in [0.717, 1.165) is 19.0 Å². The Hall–Kier alpha value is -0.860. The Bertz CT molecular complexity index is 410. The topological polar surface area (TPSA) is 15.3 Å². The minimum atomic E-state index is 0.453. The fraction of sp³-hybridized carbons (Fsp3) is 0.647. The van der Waals surface area contributed by atoms with Gasteiger partial charge in [-0.2, -0.15) is 0 Å². The van der Waals surface area contributed by atoms with Crippen molar-refractivity contribution < 1.29 is 0 Å². The molecule has 106 valence electrons. The Kier molecular flexibility index (Phi) is 5.00. The maximum absolute atomic E-state index is 3.64. The number of nitrogens with one attached hydrogen (secondary N) is 1. The number of rotatable bonds is 7. The number of benzene rings is 1. The third-order valence-electron chi connectivity index (χ3n) is 4.01. The molecule has 0 saturated heterocycles. The van der Waals surface area contributed by atoms with Gasteiger partial charge < -0.3 is 10.2 Å². The molecule has 0 heterocycles. The minimum Gasteiger partial charge on any atom is -0.309 e.